The molecule has 0 unspecified atom stereocenters. The number of aromatic amines is 1. The van der Waals surface area contributed by atoms with Gasteiger partial charge in [-0.15, -0.1) is 0 Å². The zero-order valence-corrected chi connectivity index (χ0v) is 15.5. The molecule has 134 valence electrons. The zero-order chi connectivity index (χ0) is 18.0. The van der Waals surface area contributed by atoms with Gasteiger partial charge in [-0.2, -0.15) is 10.1 Å². The maximum absolute atomic E-state index is 11.4. The van der Waals surface area contributed by atoms with Gasteiger partial charge in [0.05, 0.1) is 5.97 Å². The van der Waals surface area contributed by atoms with Crippen LogP contribution >= 0.6 is 0 Å². The van der Waals surface area contributed by atoms with Crippen LogP contribution in [-0.4, -0.2) is 51.9 Å². The van der Waals surface area contributed by atoms with Crippen molar-refractivity contribution in [1.29, 1.82) is 0 Å². The number of hydrogen-bond acceptors (Lipinski definition) is 8. The summed E-state index contributed by atoms with van der Waals surface area (Å²) in [5, 5.41) is 21.5. The number of aryl methyl sites for hydroxylation is 2. The Hall–Kier alpha value is -2.08. The smallest absolute Gasteiger partial charge is 0.547 e. The van der Waals surface area contributed by atoms with E-state index in [1.54, 1.807) is 0 Å². The van der Waals surface area contributed by atoms with Crippen molar-refractivity contribution in [2.24, 2.45) is 0 Å². The molecular weight excluding hydrogens is 331 g/mol. The third kappa shape index (κ3) is 4.18. The number of hydrogen-bond donors (Lipinski definition) is 2. The van der Waals surface area contributed by atoms with Gasteiger partial charge in [-0.3, -0.25) is 5.10 Å². The Morgan fingerprint density at radius 3 is 2.50 bits per heavy atom. The van der Waals surface area contributed by atoms with E-state index >= 15 is 0 Å². The molecule has 26 heavy (non-hydrogen) atoms. The molecule has 0 bridgehead atoms. The predicted molar refractivity (Wildman–Crippen MR) is 89.6 cm³/mol. The summed E-state index contributed by atoms with van der Waals surface area (Å²) in [6.45, 7) is 4.76. The molecule has 1 fully saturated rings. The molecule has 0 amide bonds. The number of H-pyrrole nitrogens is 1. The molecule has 2 aromatic heterocycles. The maximum atomic E-state index is 11.4. The molecule has 9 nitrogen and oxygen atoms in total. The summed E-state index contributed by atoms with van der Waals surface area (Å²) in [6.07, 6.45) is 0.648. The summed E-state index contributed by atoms with van der Waals surface area (Å²) in [7, 11) is 1.41. The van der Waals surface area contributed by atoms with E-state index < -0.39 is 11.6 Å². The second kappa shape index (κ2) is 8.08. The largest absolute Gasteiger partial charge is 1.00 e. The van der Waals surface area contributed by atoms with Crippen molar-refractivity contribution in [2.45, 2.75) is 32.3 Å². The number of nitrogens with one attached hydrogen (secondary N) is 2. The summed E-state index contributed by atoms with van der Waals surface area (Å²) < 4.78 is 5.20. The van der Waals surface area contributed by atoms with E-state index in [1.165, 1.54) is 7.11 Å². The molecule has 1 aliphatic rings. The summed E-state index contributed by atoms with van der Waals surface area (Å²) in [4.78, 5) is 22.3. The molecule has 0 atom stereocenters. The summed E-state index contributed by atoms with van der Waals surface area (Å²) >= 11 is 0. The van der Waals surface area contributed by atoms with Gasteiger partial charge < -0.3 is 24.9 Å². The Morgan fingerprint density at radius 1 is 1.27 bits per heavy atom. The second-order valence-corrected chi connectivity index (χ2v) is 6.23. The number of carbonyl (C=O) groups excluding carboxylic acids is 1. The van der Waals surface area contributed by atoms with Gasteiger partial charge >= 0.3 is 18.9 Å². The molecule has 0 saturated carbocycles. The number of ether oxygens (including phenoxy) is 1. The zero-order valence-electron chi connectivity index (χ0n) is 15.5. The minimum absolute atomic E-state index is 0. The van der Waals surface area contributed by atoms with Crippen LogP contribution in [0.4, 0.5) is 17.6 Å². The van der Waals surface area contributed by atoms with Crippen LogP contribution in [0.5, 0.6) is 0 Å². The van der Waals surface area contributed by atoms with E-state index in [0.29, 0.717) is 43.5 Å². The first-order valence-corrected chi connectivity index (χ1v) is 8.08. The van der Waals surface area contributed by atoms with Crippen LogP contribution in [0.3, 0.4) is 0 Å². The first-order chi connectivity index (χ1) is 11.9. The fourth-order valence-corrected chi connectivity index (χ4v) is 2.93. The maximum Gasteiger partial charge on any atom is 1.00 e. The number of rotatable bonds is 5. The second-order valence-electron chi connectivity index (χ2n) is 6.23. The topological polar surface area (TPSA) is 119 Å². The first kappa shape index (κ1) is 20.2. The van der Waals surface area contributed by atoms with Crippen molar-refractivity contribution >= 4 is 23.6 Å². The van der Waals surface area contributed by atoms with Crippen molar-refractivity contribution < 1.29 is 33.5 Å². The standard InChI is InChI=1S/C16H22N6O3.Li/c1-10-8-12(18-13-9-11(2)20-21-13)19-15(17-10)22-6-4-16(25-3,5-7-22)14(23)24;/h8-9H,4-7H2,1-3H3,(H,23,24)(H2,17,18,19,20,21);/q;+1/p-1. The average molecular weight is 352 g/mol. The van der Waals surface area contributed by atoms with Gasteiger partial charge in [-0.25, -0.2) is 4.98 Å². The van der Waals surface area contributed by atoms with Gasteiger partial charge in [0.2, 0.25) is 5.95 Å². The molecule has 1 saturated heterocycles. The molecule has 1 aliphatic heterocycles. The van der Waals surface area contributed by atoms with Gasteiger partial charge in [0.1, 0.15) is 11.4 Å². The minimum Gasteiger partial charge on any atom is -0.547 e. The number of carboxylic acids is 1. The van der Waals surface area contributed by atoms with E-state index in [4.69, 9.17) is 4.74 Å². The number of carboxylic acid groups (broad SMARTS) is 1. The van der Waals surface area contributed by atoms with Gasteiger partial charge in [-0.1, -0.05) is 0 Å². The average Bonchev–Trinajstić information content (AvgIpc) is 2.99. The molecule has 0 aliphatic carbocycles. The van der Waals surface area contributed by atoms with E-state index in [1.807, 2.05) is 30.9 Å². The number of anilines is 3. The SMILES string of the molecule is COC1(C(=O)[O-])CCN(c2nc(C)cc(Nc3cc(C)[nH]n3)n2)CC1.[Li+]. The fourth-order valence-electron chi connectivity index (χ4n) is 2.93. The molecule has 0 spiro atoms. The summed E-state index contributed by atoms with van der Waals surface area (Å²) in [5.74, 6) is 0.696. The first-order valence-electron chi connectivity index (χ1n) is 8.08. The van der Waals surface area contributed by atoms with E-state index in [-0.39, 0.29) is 18.9 Å². The normalized spacial score (nSPS) is 16.0. The van der Waals surface area contributed by atoms with Crippen molar-refractivity contribution in [3.05, 3.63) is 23.5 Å². The van der Waals surface area contributed by atoms with Crippen molar-refractivity contribution in [3.63, 3.8) is 0 Å². The molecular formula is C16H21LiN6O3. The molecule has 3 rings (SSSR count). The molecule has 10 heteroatoms. The van der Waals surface area contributed by atoms with Crippen molar-refractivity contribution in [1.82, 2.24) is 20.2 Å². The van der Waals surface area contributed by atoms with Crippen LogP contribution in [0, 0.1) is 13.8 Å². The number of piperidine rings is 1. The summed E-state index contributed by atoms with van der Waals surface area (Å²) in [5.41, 5.74) is 0.527. The number of aliphatic carboxylic acids is 1. The van der Waals surface area contributed by atoms with E-state index in [0.717, 1.165) is 11.4 Å². The van der Waals surface area contributed by atoms with Crippen molar-refractivity contribution in [3.8, 4) is 0 Å². The summed E-state index contributed by atoms with van der Waals surface area (Å²) in [6, 6.07) is 3.71. The Bertz CT molecular complexity index is 773. The molecule has 0 aromatic carbocycles. The minimum atomic E-state index is -1.23. The van der Waals surface area contributed by atoms with Gasteiger partial charge in [-0.05, 0) is 26.7 Å². The van der Waals surface area contributed by atoms with Crippen LogP contribution in [0.25, 0.3) is 0 Å². The van der Waals surface area contributed by atoms with E-state index in [2.05, 4.69) is 25.5 Å². The van der Waals surface area contributed by atoms with Crippen molar-refractivity contribution in [2.75, 3.05) is 30.4 Å². The van der Waals surface area contributed by atoms with Crippen LogP contribution < -0.4 is 34.2 Å². The fraction of sp³-hybridized carbons (Fsp3) is 0.500. The number of methoxy groups -OCH3 is 1. The van der Waals surface area contributed by atoms with Gasteiger partial charge in [0, 0.05) is 43.7 Å². The Balaban J connectivity index is 0.00000243. The van der Waals surface area contributed by atoms with Crippen LogP contribution in [-0.2, 0) is 9.53 Å². The number of aromatic nitrogens is 4. The monoisotopic (exact) mass is 352 g/mol. The third-order valence-corrected chi connectivity index (χ3v) is 4.42. The number of nitrogens with zero attached hydrogens (tertiary/aromatic N) is 4. The van der Waals surface area contributed by atoms with Crippen LogP contribution in [0.1, 0.15) is 24.2 Å². The van der Waals surface area contributed by atoms with Gasteiger partial charge in [0.25, 0.3) is 0 Å². The third-order valence-electron chi connectivity index (χ3n) is 4.42. The van der Waals surface area contributed by atoms with Gasteiger partial charge in [0.15, 0.2) is 5.82 Å². The van der Waals surface area contributed by atoms with Crippen LogP contribution in [0.2, 0.25) is 0 Å². The number of carbonyl (C=O) groups is 1. The molecule has 2 N–H and O–H groups in total. The predicted octanol–water partition coefficient (Wildman–Crippen LogP) is -2.70. The quantitative estimate of drug-likeness (QED) is 0.558. The Kier molecular flexibility index (Phi) is 6.29. The van der Waals surface area contributed by atoms with Crippen LogP contribution in [0.15, 0.2) is 12.1 Å². The Morgan fingerprint density at radius 2 is 1.96 bits per heavy atom. The van der Waals surface area contributed by atoms with E-state index in [9.17, 15) is 9.90 Å². The Labute approximate surface area is 163 Å². The molecule has 0 radical (unpaired) electrons. The molecule has 2 aromatic rings. The molecule has 3 heterocycles.